The lowest BCUT2D eigenvalue weighted by Crippen LogP contribution is -2.29. The van der Waals surface area contributed by atoms with Crippen LogP contribution in [0.1, 0.15) is 29.5 Å². The summed E-state index contributed by atoms with van der Waals surface area (Å²) in [6.45, 7) is 0. The molecule has 0 aromatic heterocycles. The third-order valence-corrected chi connectivity index (χ3v) is 4.80. The first-order chi connectivity index (χ1) is 10.8. The number of halogens is 1. The fraction of sp³-hybridized carbons (Fsp3) is 0.263. The van der Waals surface area contributed by atoms with E-state index in [1.807, 2.05) is 24.3 Å². The first-order valence-electron chi connectivity index (χ1n) is 7.63. The predicted octanol–water partition coefficient (Wildman–Crippen LogP) is 4.66. The van der Waals surface area contributed by atoms with Crippen LogP contribution in [-0.4, -0.2) is 7.11 Å². The average Bonchev–Trinajstić information content (AvgIpc) is 3.04. The number of benzene rings is 2. The Balaban J connectivity index is 1.81. The van der Waals surface area contributed by atoms with E-state index in [1.54, 1.807) is 13.2 Å². The van der Waals surface area contributed by atoms with Crippen LogP contribution in [0.5, 0.6) is 5.75 Å². The summed E-state index contributed by atoms with van der Waals surface area (Å²) in [6, 6.07) is 13.3. The normalized spacial score (nSPS) is 25.3. The standard InChI is InChI=1S/C19H18FNO/c1-22-18-8-3-2-5-15(18)19-14-7-4-6-13(14)16-11-12(20)9-10-17(16)21-19/h2-6,8-11,13-14,19,21H,7H2,1H3/t13-,14+,19+/m0/s1. The SMILES string of the molecule is COc1ccccc1[C@@H]1Nc2ccc(F)cc2[C@H]2C=CC[C@H]21. The maximum atomic E-state index is 13.6. The van der Waals surface area contributed by atoms with Crippen molar-refractivity contribution < 1.29 is 9.13 Å². The van der Waals surface area contributed by atoms with Gasteiger partial charge in [-0.2, -0.15) is 0 Å². The molecule has 0 saturated carbocycles. The van der Waals surface area contributed by atoms with Crippen LogP contribution in [0.25, 0.3) is 0 Å². The molecule has 3 atom stereocenters. The molecule has 3 heteroatoms. The highest BCUT2D eigenvalue weighted by atomic mass is 19.1. The molecule has 0 radical (unpaired) electrons. The number of ether oxygens (including phenoxy) is 1. The zero-order valence-corrected chi connectivity index (χ0v) is 12.4. The quantitative estimate of drug-likeness (QED) is 0.814. The lowest BCUT2D eigenvalue weighted by Gasteiger charge is -2.38. The predicted molar refractivity (Wildman–Crippen MR) is 85.7 cm³/mol. The summed E-state index contributed by atoms with van der Waals surface area (Å²) in [5, 5.41) is 3.60. The molecule has 1 heterocycles. The number of rotatable bonds is 2. The summed E-state index contributed by atoms with van der Waals surface area (Å²) in [5.74, 6) is 1.39. The van der Waals surface area contributed by atoms with Crippen molar-refractivity contribution >= 4 is 5.69 Å². The van der Waals surface area contributed by atoms with Crippen LogP contribution < -0.4 is 10.1 Å². The molecule has 2 aromatic carbocycles. The van der Waals surface area contributed by atoms with E-state index in [9.17, 15) is 4.39 Å². The first kappa shape index (κ1) is 13.4. The molecular weight excluding hydrogens is 277 g/mol. The molecule has 22 heavy (non-hydrogen) atoms. The lowest BCUT2D eigenvalue weighted by atomic mass is 9.77. The molecule has 0 spiro atoms. The van der Waals surface area contributed by atoms with Gasteiger partial charge in [0.1, 0.15) is 11.6 Å². The van der Waals surface area contributed by atoms with Gasteiger partial charge in [-0.15, -0.1) is 0 Å². The Morgan fingerprint density at radius 3 is 2.86 bits per heavy atom. The van der Waals surface area contributed by atoms with E-state index >= 15 is 0 Å². The Morgan fingerprint density at radius 2 is 2.00 bits per heavy atom. The second-order valence-corrected chi connectivity index (χ2v) is 5.95. The summed E-state index contributed by atoms with van der Waals surface area (Å²) in [5.41, 5.74) is 3.24. The highest BCUT2D eigenvalue weighted by Crippen LogP contribution is 2.51. The van der Waals surface area contributed by atoms with Crippen molar-refractivity contribution in [3.63, 3.8) is 0 Å². The fourth-order valence-electron chi connectivity index (χ4n) is 3.80. The Morgan fingerprint density at radius 1 is 1.14 bits per heavy atom. The van der Waals surface area contributed by atoms with Crippen molar-refractivity contribution in [2.45, 2.75) is 18.4 Å². The van der Waals surface area contributed by atoms with Crippen LogP contribution in [0.4, 0.5) is 10.1 Å². The third-order valence-electron chi connectivity index (χ3n) is 4.80. The minimum absolute atomic E-state index is 0.171. The van der Waals surface area contributed by atoms with Crippen LogP contribution in [0.2, 0.25) is 0 Å². The van der Waals surface area contributed by atoms with E-state index in [0.717, 1.165) is 23.4 Å². The van der Waals surface area contributed by atoms with E-state index < -0.39 is 0 Å². The number of anilines is 1. The van der Waals surface area contributed by atoms with Crippen molar-refractivity contribution in [3.05, 3.63) is 71.6 Å². The highest BCUT2D eigenvalue weighted by Gasteiger charge is 2.38. The van der Waals surface area contributed by atoms with Gasteiger partial charge in [0.25, 0.3) is 0 Å². The van der Waals surface area contributed by atoms with Gasteiger partial charge < -0.3 is 10.1 Å². The molecule has 1 N–H and O–H groups in total. The monoisotopic (exact) mass is 295 g/mol. The zero-order chi connectivity index (χ0) is 15.1. The fourth-order valence-corrected chi connectivity index (χ4v) is 3.80. The Labute approximate surface area is 129 Å². The first-order valence-corrected chi connectivity index (χ1v) is 7.63. The van der Waals surface area contributed by atoms with E-state index in [-0.39, 0.29) is 17.8 Å². The largest absolute Gasteiger partial charge is 0.496 e. The molecule has 0 bridgehead atoms. The maximum Gasteiger partial charge on any atom is 0.124 e. The van der Waals surface area contributed by atoms with E-state index in [4.69, 9.17) is 4.74 Å². The van der Waals surface area contributed by atoms with Gasteiger partial charge in [0.15, 0.2) is 0 Å². The molecule has 0 amide bonds. The molecule has 0 fully saturated rings. The Bertz CT molecular complexity index is 740. The van der Waals surface area contributed by atoms with Gasteiger partial charge in [-0.1, -0.05) is 30.4 Å². The lowest BCUT2D eigenvalue weighted by molar-refractivity contribution is 0.380. The van der Waals surface area contributed by atoms with Gasteiger partial charge in [0, 0.05) is 17.2 Å². The number of allylic oxidation sites excluding steroid dienone is 2. The number of hydrogen-bond acceptors (Lipinski definition) is 2. The van der Waals surface area contributed by atoms with Crippen molar-refractivity contribution in [3.8, 4) is 5.75 Å². The van der Waals surface area contributed by atoms with Crippen molar-refractivity contribution in [2.24, 2.45) is 5.92 Å². The molecule has 1 aliphatic carbocycles. The van der Waals surface area contributed by atoms with E-state index in [2.05, 4.69) is 23.5 Å². The molecule has 2 nitrogen and oxygen atoms in total. The molecular formula is C19H18FNO. The molecule has 4 rings (SSSR count). The average molecular weight is 295 g/mol. The summed E-state index contributed by atoms with van der Waals surface area (Å²) in [4.78, 5) is 0. The Hall–Kier alpha value is -2.29. The van der Waals surface area contributed by atoms with Gasteiger partial charge in [0.2, 0.25) is 0 Å². The number of fused-ring (bicyclic) bond motifs is 3. The minimum atomic E-state index is -0.171. The van der Waals surface area contributed by atoms with E-state index in [1.165, 1.54) is 11.6 Å². The van der Waals surface area contributed by atoms with Gasteiger partial charge in [-0.25, -0.2) is 4.39 Å². The summed E-state index contributed by atoms with van der Waals surface area (Å²) >= 11 is 0. The highest BCUT2D eigenvalue weighted by molar-refractivity contribution is 5.60. The Kier molecular flexibility index (Phi) is 3.14. The number of para-hydroxylation sites is 1. The van der Waals surface area contributed by atoms with Gasteiger partial charge in [-0.3, -0.25) is 0 Å². The minimum Gasteiger partial charge on any atom is -0.496 e. The molecule has 0 saturated heterocycles. The van der Waals surface area contributed by atoms with Gasteiger partial charge in [0.05, 0.1) is 13.2 Å². The second-order valence-electron chi connectivity index (χ2n) is 5.95. The summed E-state index contributed by atoms with van der Waals surface area (Å²) in [6.07, 6.45) is 5.42. The number of hydrogen-bond donors (Lipinski definition) is 1. The van der Waals surface area contributed by atoms with Crippen LogP contribution in [0, 0.1) is 11.7 Å². The summed E-state index contributed by atoms with van der Waals surface area (Å²) in [7, 11) is 1.70. The second kappa shape index (κ2) is 5.16. The van der Waals surface area contributed by atoms with Crippen LogP contribution in [0.3, 0.4) is 0 Å². The zero-order valence-electron chi connectivity index (χ0n) is 12.4. The van der Waals surface area contributed by atoms with Gasteiger partial charge in [-0.05, 0) is 42.2 Å². The van der Waals surface area contributed by atoms with Crippen LogP contribution >= 0.6 is 0 Å². The van der Waals surface area contributed by atoms with Crippen molar-refractivity contribution in [1.82, 2.24) is 0 Å². The molecule has 0 unspecified atom stereocenters. The van der Waals surface area contributed by atoms with E-state index in [0.29, 0.717) is 5.92 Å². The van der Waals surface area contributed by atoms with Crippen molar-refractivity contribution in [2.75, 3.05) is 12.4 Å². The molecule has 2 aromatic rings. The molecule has 2 aliphatic rings. The smallest absolute Gasteiger partial charge is 0.124 e. The number of methoxy groups -OCH3 is 1. The van der Waals surface area contributed by atoms with Crippen molar-refractivity contribution in [1.29, 1.82) is 0 Å². The maximum absolute atomic E-state index is 13.6. The molecule has 112 valence electrons. The topological polar surface area (TPSA) is 21.3 Å². The summed E-state index contributed by atoms with van der Waals surface area (Å²) < 4.78 is 19.2. The number of nitrogens with one attached hydrogen (secondary N) is 1. The third kappa shape index (κ3) is 2.00. The van der Waals surface area contributed by atoms with Crippen LogP contribution in [0.15, 0.2) is 54.6 Å². The molecule has 1 aliphatic heterocycles. The van der Waals surface area contributed by atoms with Crippen LogP contribution in [-0.2, 0) is 0 Å². The van der Waals surface area contributed by atoms with Gasteiger partial charge >= 0.3 is 0 Å².